The maximum atomic E-state index is 5.97. The van der Waals surface area contributed by atoms with E-state index in [0.29, 0.717) is 5.69 Å². The largest absolute Gasteiger partial charge is 0.397 e. The highest BCUT2D eigenvalue weighted by atomic mass is 79.9. The fourth-order valence-corrected chi connectivity index (χ4v) is 2.47. The van der Waals surface area contributed by atoms with Crippen molar-refractivity contribution in [1.29, 1.82) is 0 Å². The lowest BCUT2D eigenvalue weighted by Gasteiger charge is -2.09. The molecule has 0 radical (unpaired) electrons. The van der Waals surface area contributed by atoms with Crippen molar-refractivity contribution in [1.82, 2.24) is 14.8 Å². The first-order valence-corrected chi connectivity index (χ1v) is 6.74. The van der Waals surface area contributed by atoms with Gasteiger partial charge in [0.25, 0.3) is 0 Å². The van der Waals surface area contributed by atoms with Crippen LogP contribution in [0.4, 0.5) is 5.69 Å². The Kier molecular flexibility index (Phi) is 2.78. The van der Waals surface area contributed by atoms with Crippen molar-refractivity contribution in [3.8, 4) is 5.69 Å². The number of para-hydroxylation sites is 1. The molecule has 0 aliphatic heterocycles. The Morgan fingerprint density at radius 3 is 2.68 bits per heavy atom. The van der Waals surface area contributed by atoms with E-state index in [4.69, 9.17) is 5.73 Å². The molecule has 0 atom stereocenters. The van der Waals surface area contributed by atoms with Gasteiger partial charge in [-0.2, -0.15) is 5.10 Å². The summed E-state index contributed by atoms with van der Waals surface area (Å²) in [4.78, 5) is 4.35. The van der Waals surface area contributed by atoms with Crippen molar-refractivity contribution < 1.29 is 0 Å². The summed E-state index contributed by atoms with van der Waals surface area (Å²) in [5.74, 6) is 0. The SMILES string of the molecule is Cc1nn(-c2ccnc3c(N)cccc23)c(C)c1Br. The number of pyridine rings is 1. The minimum atomic E-state index is 0.681. The van der Waals surface area contributed by atoms with E-state index in [2.05, 4.69) is 26.0 Å². The zero-order chi connectivity index (χ0) is 13.6. The standard InChI is InChI=1S/C14H13BrN4/c1-8-13(15)9(2)19(18-8)12-6-7-17-14-10(12)4-3-5-11(14)16/h3-7H,16H2,1-2H3. The van der Waals surface area contributed by atoms with E-state index in [-0.39, 0.29) is 0 Å². The lowest BCUT2D eigenvalue weighted by atomic mass is 10.1. The molecule has 0 fully saturated rings. The number of hydrogen-bond donors (Lipinski definition) is 1. The summed E-state index contributed by atoms with van der Waals surface area (Å²) in [5, 5.41) is 5.56. The summed E-state index contributed by atoms with van der Waals surface area (Å²) >= 11 is 3.55. The third kappa shape index (κ3) is 1.81. The van der Waals surface area contributed by atoms with Crippen LogP contribution in [0.3, 0.4) is 0 Å². The van der Waals surface area contributed by atoms with Crippen LogP contribution in [0.15, 0.2) is 34.9 Å². The molecule has 5 heteroatoms. The minimum Gasteiger partial charge on any atom is -0.397 e. The van der Waals surface area contributed by atoms with E-state index in [1.165, 1.54) is 0 Å². The number of anilines is 1. The maximum absolute atomic E-state index is 5.97. The molecule has 0 aliphatic carbocycles. The lowest BCUT2D eigenvalue weighted by molar-refractivity contribution is 0.838. The van der Waals surface area contributed by atoms with Gasteiger partial charge >= 0.3 is 0 Å². The molecule has 1 aromatic carbocycles. The number of nitrogen functional groups attached to an aromatic ring is 1. The Morgan fingerprint density at radius 1 is 1.21 bits per heavy atom. The van der Waals surface area contributed by atoms with Gasteiger partial charge in [-0.25, -0.2) is 4.68 Å². The van der Waals surface area contributed by atoms with Gasteiger partial charge in [-0.1, -0.05) is 12.1 Å². The van der Waals surface area contributed by atoms with E-state index in [1.807, 2.05) is 42.8 Å². The molecular formula is C14H13BrN4. The average molecular weight is 317 g/mol. The number of nitrogens with zero attached hydrogens (tertiary/aromatic N) is 3. The van der Waals surface area contributed by atoms with Gasteiger partial charge in [0.05, 0.1) is 32.8 Å². The van der Waals surface area contributed by atoms with Gasteiger partial charge in [-0.05, 0) is 41.9 Å². The Labute approximate surface area is 119 Å². The van der Waals surface area contributed by atoms with E-state index < -0.39 is 0 Å². The Bertz CT molecular complexity index is 776. The van der Waals surface area contributed by atoms with Crippen LogP contribution in [0.1, 0.15) is 11.4 Å². The first-order chi connectivity index (χ1) is 9.09. The minimum absolute atomic E-state index is 0.681. The lowest BCUT2D eigenvalue weighted by Crippen LogP contribution is -2.01. The van der Waals surface area contributed by atoms with Crippen molar-refractivity contribution in [2.75, 3.05) is 5.73 Å². The summed E-state index contributed by atoms with van der Waals surface area (Å²) in [5.41, 5.74) is 10.5. The van der Waals surface area contributed by atoms with Gasteiger partial charge in [0.15, 0.2) is 0 Å². The number of nitrogens with two attached hydrogens (primary N) is 1. The third-order valence-electron chi connectivity index (χ3n) is 3.21. The van der Waals surface area contributed by atoms with Gasteiger partial charge in [0, 0.05) is 11.6 Å². The highest BCUT2D eigenvalue weighted by Crippen LogP contribution is 2.28. The fourth-order valence-electron chi connectivity index (χ4n) is 2.23. The summed E-state index contributed by atoms with van der Waals surface area (Å²) in [6, 6.07) is 7.76. The van der Waals surface area contributed by atoms with Gasteiger partial charge < -0.3 is 5.73 Å². The Morgan fingerprint density at radius 2 is 2.00 bits per heavy atom. The van der Waals surface area contributed by atoms with E-state index >= 15 is 0 Å². The second-order valence-electron chi connectivity index (χ2n) is 4.47. The molecule has 2 N–H and O–H groups in total. The van der Waals surface area contributed by atoms with Crippen molar-refractivity contribution in [2.24, 2.45) is 0 Å². The maximum Gasteiger partial charge on any atom is 0.0952 e. The first-order valence-electron chi connectivity index (χ1n) is 5.95. The number of benzene rings is 1. The molecule has 0 unspecified atom stereocenters. The smallest absolute Gasteiger partial charge is 0.0952 e. The van der Waals surface area contributed by atoms with Gasteiger partial charge in [0.1, 0.15) is 0 Å². The van der Waals surface area contributed by atoms with Crippen LogP contribution in [0, 0.1) is 13.8 Å². The molecule has 4 nitrogen and oxygen atoms in total. The highest BCUT2D eigenvalue weighted by molar-refractivity contribution is 9.10. The molecule has 0 bridgehead atoms. The Balaban J connectivity index is 2.37. The van der Waals surface area contributed by atoms with Crippen LogP contribution in [-0.4, -0.2) is 14.8 Å². The molecule has 0 spiro atoms. The van der Waals surface area contributed by atoms with E-state index in [9.17, 15) is 0 Å². The Hall–Kier alpha value is -1.88. The number of fused-ring (bicyclic) bond motifs is 1. The zero-order valence-corrected chi connectivity index (χ0v) is 12.3. The quantitative estimate of drug-likeness (QED) is 0.700. The molecule has 0 saturated carbocycles. The summed E-state index contributed by atoms with van der Waals surface area (Å²) in [6.07, 6.45) is 1.76. The molecule has 3 aromatic rings. The molecular weight excluding hydrogens is 304 g/mol. The zero-order valence-electron chi connectivity index (χ0n) is 10.7. The molecule has 2 aromatic heterocycles. The topological polar surface area (TPSA) is 56.7 Å². The van der Waals surface area contributed by atoms with Crippen molar-refractivity contribution in [3.05, 3.63) is 46.3 Å². The summed E-state index contributed by atoms with van der Waals surface area (Å²) in [7, 11) is 0. The predicted molar refractivity (Wildman–Crippen MR) is 80.5 cm³/mol. The number of halogens is 1. The first kappa shape index (κ1) is 12.2. The molecule has 19 heavy (non-hydrogen) atoms. The monoisotopic (exact) mass is 316 g/mol. The van der Waals surface area contributed by atoms with Crippen LogP contribution in [0.5, 0.6) is 0 Å². The fraction of sp³-hybridized carbons (Fsp3) is 0.143. The third-order valence-corrected chi connectivity index (χ3v) is 4.36. The van der Waals surface area contributed by atoms with Crippen LogP contribution < -0.4 is 5.73 Å². The number of aromatic nitrogens is 3. The number of hydrogen-bond acceptors (Lipinski definition) is 3. The van der Waals surface area contributed by atoms with Crippen molar-refractivity contribution in [3.63, 3.8) is 0 Å². The summed E-state index contributed by atoms with van der Waals surface area (Å²) in [6.45, 7) is 4.01. The van der Waals surface area contributed by atoms with Gasteiger partial charge in [0.2, 0.25) is 0 Å². The van der Waals surface area contributed by atoms with E-state index in [0.717, 1.165) is 32.5 Å². The van der Waals surface area contributed by atoms with Gasteiger partial charge in [-0.15, -0.1) is 0 Å². The molecule has 0 aliphatic rings. The van der Waals surface area contributed by atoms with Crippen LogP contribution in [0.25, 0.3) is 16.6 Å². The highest BCUT2D eigenvalue weighted by Gasteiger charge is 2.13. The van der Waals surface area contributed by atoms with Crippen LogP contribution in [0.2, 0.25) is 0 Å². The molecule has 3 rings (SSSR count). The van der Waals surface area contributed by atoms with Crippen molar-refractivity contribution in [2.45, 2.75) is 13.8 Å². The second-order valence-corrected chi connectivity index (χ2v) is 5.26. The molecule has 0 saturated heterocycles. The van der Waals surface area contributed by atoms with Crippen LogP contribution >= 0.6 is 15.9 Å². The normalized spacial score (nSPS) is 11.1. The molecule has 0 amide bonds. The molecule has 96 valence electrons. The molecule has 2 heterocycles. The van der Waals surface area contributed by atoms with Crippen LogP contribution in [-0.2, 0) is 0 Å². The summed E-state index contributed by atoms with van der Waals surface area (Å²) < 4.78 is 2.95. The number of aryl methyl sites for hydroxylation is 1. The second kappa shape index (κ2) is 4.35. The van der Waals surface area contributed by atoms with Crippen molar-refractivity contribution >= 4 is 32.5 Å². The average Bonchev–Trinajstić information content (AvgIpc) is 2.66. The number of rotatable bonds is 1. The van der Waals surface area contributed by atoms with Gasteiger partial charge in [-0.3, -0.25) is 4.98 Å². The predicted octanol–water partition coefficient (Wildman–Crippen LogP) is 3.38. The van der Waals surface area contributed by atoms with E-state index in [1.54, 1.807) is 6.20 Å².